The Morgan fingerprint density at radius 2 is 0.865 bits per heavy atom. The average molecular weight is 795 g/mol. The number of aliphatic hydroxyl groups is 2. The Kier molecular flexibility index (Phi) is 9.78. The summed E-state index contributed by atoms with van der Waals surface area (Å²) >= 11 is 0. The van der Waals surface area contributed by atoms with Gasteiger partial charge in [-0.2, -0.15) is 17.6 Å². The molecule has 0 saturated carbocycles. The van der Waals surface area contributed by atoms with Crippen molar-refractivity contribution in [2.24, 2.45) is 0 Å². The van der Waals surface area contributed by atoms with Crippen LogP contribution in [-0.4, -0.2) is 29.1 Å². The number of nitrogens with one attached hydrogen (secondary N) is 2. The van der Waals surface area contributed by atoms with Crippen molar-refractivity contribution >= 4 is 19.5 Å². The van der Waals surface area contributed by atoms with Crippen molar-refractivity contribution in [1.82, 2.24) is 0 Å². The molecule has 4 N–H and O–H groups in total. The van der Waals surface area contributed by atoms with Crippen molar-refractivity contribution in [2.75, 3.05) is 0 Å². The summed E-state index contributed by atoms with van der Waals surface area (Å²) in [5.41, 5.74) is -4.62. The van der Waals surface area contributed by atoms with Gasteiger partial charge in [0.05, 0.1) is 20.9 Å². The minimum atomic E-state index is -4.88. The summed E-state index contributed by atoms with van der Waals surface area (Å²) in [4.78, 5) is -1.88. The zero-order valence-corrected chi connectivity index (χ0v) is 26.6. The summed E-state index contributed by atoms with van der Waals surface area (Å²) in [6, 6.07) is 6.52. The van der Waals surface area contributed by atoms with Crippen LogP contribution in [-0.2, 0) is 19.5 Å². The molecule has 2 heterocycles. The van der Waals surface area contributed by atoms with Crippen LogP contribution in [0.1, 0.15) is 47.3 Å². The summed E-state index contributed by atoms with van der Waals surface area (Å²) in [5.74, 6) is -6.88. The number of halogens is 12. The first-order valence-corrected chi connectivity index (χ1v) is 16.9. The molecule has 6 rings (SSSR count). The van der Waals surface area contributed by atoms with Crippen LogP contribution in [0.3, 0.4) is 0 Å². The highest BCUT2D eigenvalue weighted by molar-refractivity contribution is 7.94. The maximum atomic E-state index is 13.9. The molecule has 0 spiro atoms. The fourth-order valence-corrected chi connectivity index (χ4v) is 8.29. The van der Waals surface area contributed by atoms with Gasteiger partial charge in [0.2, 0.25) is 0 Å². The first-order valence-electron chi connectivity index (χ1n) is 13.8. The highest BCUT2D eigenvalue weighted by Gasteiger charge is 2.60. The maximum absolute atomic E-state index is 13.9. The molecule has 8 nitrogen and oxygen atoms in total. The molecule has 0 radical (unpaired) electrons. The van der Waals surface area contributed by atoms with E-state index in [0.717, 1.165) is 12.1 Å². The molecule has 0 aromatic heterocycles. The van der Waals surface area contributed by atoms with Crippen LogP contribution in [0, 0.1) is 32.8 Å². The van der Waals surface area contributed by atoms with Gasteiger partial charge in [-0.05, 0) is 24.3 Å². The number of aliphatic hydroxyl groups excluding tert-OH is 2. The molecule has 4 aromatic rings. The van der Waals surface area contributed by atoms with E-state index in [2.05, 4.69) is 0 Å². The molecule has 4 aromatic carbocycles. The van der Waals surface area contributed by atoms with Crippen LogP contribution < -0.4 is 9.47 Å². The van der Waals surface area contributed by atoms with Gasteiger partial charge in [-0.25, -0.2) is 53.1 Å². The lowest BCUT2D eigenvalue weighted by atomic mass is 10.0. The lowest BCUT2D eigenvalue weighted by Crippen LogP contribution is -2.28. The molecular weight excluding hydrogens is 776 g/mol. The van der Waals surface area contributed by atoms with Gasteiger partial charge >= 0.3 is 10.5 Å². The SMILES string of the molecule is N=S1(=O)c2ccc(Oc3cc(F)cc(F)c3)c(C(F)F)c2C(O)C1(F)F.N=S1(=O)c2ccc(Oc3cc(F)cc(F)c3)c(C(F)F)c2C(O)C1(F)F. The van der Waals surface area contributed by atoms with E-state index in [4.69, 9.17) is 19.0 Å². The third-order valence-corrected chi connectivity index (χ3v) is 11.5. The van der Waals surface area contributed by atoms with Crippen molar-refractivity contribution < 1.29 is 80.8 Å². The van der Waals surface area contributed by atoms with E-state index in [9.17, 15) is 71.3 Å². The Morgan fingerprint density at radius 3 is 1.13 bits per heavy atom. The van der Waals surface area contributed by atoms with Crippen LogP contribution in [0.4, 0.5) is 52.7 Å². The summed E-state index contributed by atoms with van der Waals surface area (Å²) in [6.07, 6.45) is -12.8. The average Bonchev–Trinajstić information content (AvgIpc) is 3.23. The quantitative estimate of drug-likeness (QED) is 0.143. The van der Waals surface area contributed by atoms with E-state index in [-0.39, 0.29) is 0 Å². The fourth-order valence-electron chi connectivity index (χ4n) is 5.26. The highest BCUT2D eigenvalue weighted by atomic mass is 32.2. The van der Waals surface area contributed by atoms with Gasteiger partial charge < -0.3 is 19.7 Å². The molecule has 52 heavy (non-hydrogen) atoms. The number of rotatable bonds is 6. The molecule has 22 heteroatoms. The standard InChI is InChI=1S/2C15H9F6NO3S/c2*16-6-3-7(17)5-8(4-6)25-9-1-2-10-12(11(9)14(18)19)13(23)15(20,21)26(10,22)24/h2*1-5,13-14,22-23H. The van der Waals surface area contributed by atoms with Gasteiger partial charge in [-0.3, -0.25) is 0 Å². The normalized spacial score (nSPS) is 23.9. The molecular formula is C30H18F12N2O6S2. The molecule has 280 valence electrons. The largest absolute Gasteiger partial charge is 0.457 e. The molecule has 4 unspecified atom stereocenters. The Balaban J connectivity index is 0.000000201. The monoisotopic (exact) mass is 794 g/mol. The minimum absolute atomic E-state index is 0.503. The van der Waals surface area contributed by atoms with Gasteiger partial charge in [-0.1, -0.05) is 0 Å². The molecule has 0 amide bonds. The predicted molar refractivity (Wildman–Crippen MR) is 154 cm³/mol. The lowest BCUT2D eigenvalue weighted by molar-refractivity contribution is -0.0374. The van der Waals surface area contributed by atoms with Crippen LogP contribution >= 0.6 is 0 Å². The van der Waals surface area contributed by atoms with E-state index in [1.54, 1.807) is 0 Å². The van der Waals surface area contributed by atoms with Crippen LogP contribution in [0.15, 0.2) is 70.5 Å². The summed E-state index contributed by atoms with van der Waals surface area (Å²) in [5, 5.41) is 10.4. The van der Waals surface area contributed by atoms with Crippen LogP contribution in [0.5, 0.6) is 23.0 Å². The second-order valence-electron chi connectivity index (χ2n) is 10.8. The summed E-state index contributed by atoms with van der Waals surface area (Å²) < 4.78 is 211. The summed E-state index contributed by atoms with van der Waals surface area (Å²) in [7, 11) is -9.77. The first kappa shape index (κ1) is 38.7. The van der Waals surface area contributed by atoms with E-state index < -0.39 is 133 Å². The molecule has 2 aliphatic rings. The summed E-state index contributed by atoms with van der Waals surface area (Å²) in [6.45, 7) is 0. The van der Waals surface area contributed by atoms with Crippen molar-refractivity contribution in [3.63, 3.8) is 0 Å². The van der Waals surface area contributed by atoms with Gasteiger partial charge in [0.15, 0.2) is 12.2 Å². The second kappa shape index (κ2) is 13.1. The van der Waals surface area contributed by atoms with Crippen molar-refractivity contribution in [3.8, 4) is 23.0 Å². The number of hydrogen-bond donors (Lipinski definition) is 4. The van der Waals surface area contributed by atoms with E-state index in [1.165, 1.54) is 0 Å². The van der Waals surface area contributed by atoms with E-state index in [1.807, 2.05) is 0 Å². The van der Waals surface area contributed by atoms with Gasteiger partial charge in [-0.15, -0.1) is 0 Å². The Hall–Kier alpha value is -4.54. The molecule has 0 fully saturated rings. The van der Waals surface area contributed by atoms with Crippen LogP contribution in [0.25, 0.3) is 0 Å². The predicted octanol–water partition coefficient (Wildman–Crippen LogP) is 9.48. The molecule has 4 atom stereocenters. The second-order valence-corrected chi connectivity index (χ2v) is 15.0. The van der Waals surface area contributed by atoms with E-state index >= 15 is 0 Å². The molecule has 0 bridgehead atoms. The maximum Gasteiger partial charge on any atom is 0.361 e. The van der Waals surface area contributed by atoms with E-state index in [0.29, 0.717) is 48.5 Å². The van der Waals surface area contributed by atoms with Crippen LogP contribution in [0.2, 0.25) is 0 Å². The topological polar surface area (TPSA) is 141 Å². The van der Waals surface area contributed by atoms with Gasteiger partial charge in [0.25, 0.3) is 12.9 Å². The smallest absolute Gasteiger partial charge is 0.361 e. The zero-order chi connectivity index (χ0) is 38.9. The molecule has 0 saturated heterocycles. The first-order chi connectivity index (χ1) is 23.9. The van der Waals surface area contributed by atoms with Crippen molar-refractivity contribution in [2.45, 2.75) is 45.4 Å². The number of ether oxygens (including phenoxy) is 2. The fraction of sp³-hybridized carbons (Fsp3) is 0.200. The highest BCUT2D eigenvalue weighted by Crippen LogP contribution is 2.55. The Morgan fingerprint density at radius 1 is 0.577 bits per heavy atom. The third-order valence-electron chi connectivity index (χ3n) is 7.55. The third kappa shape index (κ3) is 6.30. The number of hydrogen-bond acceptors (Lipinski definition) is 8. The number of benzene rings is 4. The van der Waals surface area contributed by atoms with Gasteiger partial charge in [0, 0.05) is 47.5 Å². The number of alkyl halides is 8. The number of fused-ring (bicyclic) bond motifs is 2. The Bertz CT molecular complexity index is 2110. The van der Waals surface area contributed by atoms with Gasteiger partial charge in [0.1, 0.15) is 65.7 Å². The lowest BCUT2D eigenvalue weighted by Gasteiger charge is -2.17. The Labute approximate surface area is 284 Å². The zero-order valence-electron chi connectivity index (χ0n) is 25.0. The minimum Gasteiger partial charge on any atom is -0.457 e. The van der Waals surface area contributed by atoms with Crippen molar-refractivity contribution in [3.05, 3.63) is 106 Å². The van der Waals surface area contributed by atoms with Crippen molar-refractivity contribution in [1.29, 1.82) is 9.56 Å². The molecule has 2 aliphatic heterocycles. The molecule has 0 aliphatic carbocycles.